The summed E-state index contributed by atoms with van der Waals surface area (Å²) in [4.78, 5) is 13.2. The molecule has 5 aliphatic carbocycles. The Balaban J connectivity index is 0.971. The van der Waals surface area contributed by atoms with Crippen molar-refractivity contribution in [1.82, 2.24) is 0 Å². The molecule has 0 aromatic rings. The minimum absolute atomic E-state index is 0.0103. The molecule has 9 rings (SSSR count). The first-order valence-corrected chi connectivity index (χ1v) is 27.1. The summed E-state index contributed by atoms with van der Waals surface area (Å²) in [5.74, 6) is -0.226. The fourth-order valence-electron chi connectivity index (χ4n) is 16.3. The lowest BCUT2D eigenvalue weighted by Gasteiger charge is -2.71. The van der Waals surface area contributed by atoms with Crippen LogP contribution in [-0.4, -0.2) is 210 Å². The van der Waals surface area contributed by atoms with Crippen LogP contribution in [0.25, 0.3) is 0 Å². The highest BCUT2D eigenvalue weighted by Gasteiger charge is 2.70. The van der Waals surface area contributed by atoms with Gasteiger partial charge in [0.05, 0.1) is 37.4 Å². The Hall–Kier alpha value is -1.55. The number of carbonyl (C=O) groups is 1. The van der Waals surface area contributed by atoms with Gasteiger partial charge in [0.25, 0.3) is 0 Å². The van der Waals surface area contributed by atoms with Gasteiger partial charge in [0.1, 0.15) is 85.5 Å². The van der Waals surface area contributed by atoms with E-state index in [1.165, 1.54) is 12.5 Å². The number of aliphatic hydroxyl groups excluding tert-OH is 11. The van der Waals surface area contributed by atoms with Crippen molar-refractivity contribution in [1.29, 1.82) is 0 Å². The SMILES string of the molecule is C[C@@H]1O[C@@H](O[C@H]2[C@H](O[C@@H]3CC[C@]4(C)[C@H]5CC=C6[C@@H]7CC(C)(C)CC[C@]7(C(=O)O)CC[C@@]6(C)[C@]5(C)CC[C@H]4C3(C)C)OC[C@H](O[C@@H]3O[C@H](CO)[C@@H](O)[C@H](O)[C@H]3O)[C@@H]2O)[C@H](O)[C@H](O[C@@H]2O[C@H](CO)[C@@H](O)[C@H](O)[C@H]2O)[C@H]1O. The summed E-state index contributed by atoms with van der Waals surface area (Å²) in [5, 5.41) is 129. The molecule has 0 spiro atoms. The van der Waals surface area contributed by atoms with Gasteiger partial charge in [0.15, 0.2) is 25.2 Å². The third kappa shape index (κ3) is 9.17. The van der Waals surface area contributed by atoms with Gasteiger partial charge in [-0.15, -0.1) is 0 Å². The van der Waals surface area contributed by atoms with Gasteiger partial charge in [-0.3, -0.25) is 4.79 Å². The third-order valence-electron chi connectivity index (χ3n) is 21.1. The van der Waals surface area contributed by atoms with Crippen LogP contribution < -0.4 is 0 Å². The van der Waals surface area contributed by atoms with Crippen LogP contribution in [0.2, 0.25) is 0 Å². The molecule has 0 aromatic carbocycles. The Morgan fingerprint density at radius 2 is 1.19 bits per heavy atom. The maximum absolute atomic E-state index is 13.2. The van der Waals surface area contributed by atoms with Crippen molar-refractivity contribution < 1.29 is 104 Å². The van der Waals surface area contributed by atoms with Crippen molar-refractivity contribution in [3.63, 3.8) is 0 Å². The third-order valence-corrected chi connectivity index (χ3v) is 21.1. The van der Waals surface area contributed by atoms with Gasteiger partial charge in [-0.2, -0.15) is 0 Å². The molecule has 0 radical (unpaired) electrons. The number of allylic oxidation sites excluding steroid dienone is 2. The summed E-state index contributed by atoms with van der Waals surface area (Å²) in [5.41, 5.74) is -0.257. The maximum atomic E-state index is 13.2. The number of hydrogen-bond acceptors (Lipinski definition) is 20. The van der Waals surface area contributed by atoms with Crippen molar-refractivity contribution in [3.8, 4) is 0 Å². The molecule has 0 amide bonds. The number of carboxylic acids is 1. The molecule has 424 valence electrons. The summed E-state index contributed by atoms with van der Waals surface area (Å²) in [7, 11) is 0. The van der Waals surface area contributed by atoms with Crippen LogP contribution in [0, 0.1) is 50.2 Å². The van der Waals surface area contributed by atoms with E-state index in [9.17, 15) is 66.1 Å². The Morgan fingerprint density at radius 1 is 0.608 bits per heavy atom. The van der Waals surface area contributed by atoms with E-state index in [0.717, 1.165) is 44.9 Å². The molecule has 9 aliphatic rings. The van der Waals surface area contributed by atoms with Crippen LogP contribution in [0.5, 0.6) is 0 Å². The standard InChI is InChI=1S/C53H86O21/c1-23-32(56)41(73-44-39(63)37(61)34(58)27(21-55)70-44)40(64)45(68-23)74-42-35(59)28(71-43-38(62)36(60)33(57)26(20-54)69-43)22-67-46(42)72-31-12-13-50(6)29(49(31,4)5)11-14-52(8)30(50)10-9-24-25-19-48(2,3)15-17-53(25,47(65)66)18-16-51(24,52)7/h9,23,25-46,54-64H,10-22H2,1-8H3,(H,65,66)/t23-,25-,26+,27+,28-,29-,30+,31+,32-,33+,34+,35-,36-,37-,38+,39+,40+,41+,42+,43-,44-,45-,46-,50-,51+,52+,53-/m0/s1. The molecule has 4 heterocycles. The zero-order valence-corrected chi connectivity index (χ0v) is 44.1. The van der Waals surface area contributed by atoms with Gasteiger partial charge in [0, 0.05) is 0 Å². The lowest BCUT2D eigenvalue weighted by atomic mass is 9.33. The van der Waals surface area contributed by atoms with E-state index in [4.69, 9.17) is 37.9 Å². The predicted molar refractivity (Wildman–Crippen MR) is 256 cm³/mol. The average Bonchev–Trinajstić information content (AvgIpc) is 3.35. The second kappa shape index (κ2) is 20.5. The molecule has 0 bridgehead atoms. The zero-order chi connectivity index (χ0) is 54.0. The van der Waals surface area contributed by atoms with E-state index in [-0.39, 0.29) is 40.1 Å². The van der Waals surface area contributed by atoms with Crippen LogP contribution in [0.3, 0.4) is 0 Å². The number of aliphatic carboxylic acids is 1. The van der Waals surface area contributed by atoms with E-state index >= 15 is 0 Å². The molecular weight excluding hydrogens is 973 g/mol. The van der Waals surface area contributed by atoms with Crippen molar-refractivity contribution in [2.75, 3.05) is 19.8 Å². The molecule has 74 heavy (non-hydrogen) atoms. The second-order valence-electron chi connectivity index (χ2n) is 25.8. The molecule has 4 aliphatic heterocycles. The van der Waals surface area contributed by atoms with E-state index in [2.05, 4.69) is 54.5 Å². The normalized spacial score (nSPS) is 54.1. The Bertz CT molecular complexity index is 2040. The van der Waals surface area contributed by atoms with Gasteiger partial charge in [-0.25, -0.2) is 0 Å². The summed E-state index contributed by atoms with van der Waals surface area (Å²) < 4.78 is 48.8. The second-order valence-corrected chi connectivity index (χ2v) is 25.8. The summed E-state index contributed by atoms with van der Waals surface area (Å²) in [6.45, 7) is 15.8. The maximum Gasteiger partial charge on any atom is 0.310 e. The van der Waals surface area contributed by atoms with Crippen LogP contribution in [0.1, 0.15) is 120 Å². The first-order chi connectivity index (χ1) is 34.6. The number of fused-ring (bicyclic) bond motifs is 7. The zero-order valence-electron chi connectivity index (χ0n) is 44.1. The number of ether oxygens (including phenoxy) is 8. The molecule has 4 saturated carbocycles. The molecule has 0 unspecified atom stereocenters. The van der Waals surface area contributed by atoms with Crippen molar-refractivity contribution in [3.05, 3.63) is 11.6 Å². The molecule has 4 saturated heterocycles. The predicted octanol–water partition coefficient (Wildman–Crippen LogP) is 0.197. The van der Waals surface area contributed by atoms with Gasteiger partial charge in [-0.05, 0) is 116 Å². The van der Waals surface area contributed by atoms with Crippen molar-refractivity contribution in [2.24, 2.45) is 50.2 Å². The summed E-state index contributed by atoms with van der Waals surface area (Å²) in [6.07, 6.45) is -20.8. The van der Waals surface area contributed by atoms with E-state index in [1.807, 2.05) is 0 Å². The van der Waals surface area contributed by atoms with Gasteiger partial charge < -0.3 is 99.2 Å². The number of aliphatic hydroxyl groups is 11. The summed E-state index contributed by atoms with van der Waals surface area (Å²) >= 11 is 0. The first kappa shape index (κ1) is 57.1. The van der Waals surface area contributed by atoms with Crippen LogP contribution in [0.15, 0.2) is 11.6 Å². The highest BCUT2D eigenvalue weighted by molar-refractivity contribution is 5.76. The number of rotatable bonds is 11. The highest BCUT2D eigenvalue weighted by atomic mass is 16.8. The molecule has 27 atom stereocenters. The fraction of sp³-hybridized carbons (Fsp3) is 0.943. The van der Waals surface area contributed by atoms with Gasteiger partial charge >= 0.3 is 5.97 Å². The largest absolute Gasteiger partial charge is 0.481 e. The van der Waals surface area contributed by atoms with E-state index in [0.29, 0.717) is 25.2 Å². The molecule has 21 nitrogen and oxygen atoms in total. The average molecular weight is 1060 g/mol. The van der Waals surface area contributed by atoms with E-state index < -0.39 is 153 Å². The fourth-order valence-corrected chi connectivity index (χ4v) is 16.3. The quantitative estimate of drug-likeness (QED) is 0.0971. The van der Waals surface area contributed by atoms with Crippen LogP contribution in [-0.2, 0) is 42.7 Å². The summed E-state index contributed by atoms with van der Waals surface area (Å²) in [6, 6.07) is 0. The van der Waals surface area contributed by atoms with Crippen molar-refractivity contribution >= 4 is 5.97 Å². The smallest absolute Gasteiger partial charge is 0.310 e. The number of carboxylic acid groups (broad SMARTS) is 1. The Kier molecular flexibility index (Phi) is 15.8. The van der Waals surface area contributed by atoms with Gasteiger partial charge in [-0.1, -0.05) is 60.1 Å². The first-order valence-electron chi connectivity index (χ1n) is 27.1. The number of hydrogen-bond donors (Lipinski definition) is 12. The molecular formula is C53H86O21. The monoisotopic (exact) mass is 1060 g/mol. The molecule has 0 aromatic heterocycles. The topological polar surface area (TPSA) is 334 Å². The molecule has 21 heteroatoms. The molecule has 8 fully saturated rings. The Morgan fingerprint density at radius 3 is 1.80 bits per heavy atom. The minimum Gasteiger partial charge on any atom is -0.481 e. The minimum atomic E-state index is -1.89. The lowest BCUT2D eigenvalue weighted by Crippen LogP contribution is -2.67. The lowest BCUT2D eigenvalue weighted by molar-refractivity contribution is -0.391. The Labute approximate surface area is 433 Å². The van der Waals surface area contributed by atoms with E-state index in [1.54, 1.807) is 0 Å². The highest BCUT2D eigenvalue weighted by Crippen LogP contribution is 2.76. The van der Waals surface area contributed by atoms with Crippen LogP contribution >= 0.6 is 0 Å². The van der Waals surface area contributed by atoms with Crippen LogP contribution in [0.4, 0.5) is 0 Å². The van der Waals surface area contributed by atoms with Gasteiger partial charge in [0.2, 0.25) is 0 Å². The van der Waals surface area contributed by atoms with Crippen molar-refractivity contribution in [2.45, 2.75) is 242 Å². The molecule has 12 N–H and O–H groups in total.